The van der Waals surface area contributed by atoms with Gasteiger partial charge in [0.25, 0.3) is 0 Å². The van der Waals surface area contributed by atoms with Crippen LogP contribution < -0.4 is 5.32 Å². The van der Waals surface area contributed by atoms with Gasteiger partial charge in [0.1, 0.15) is 0 Å². The summed E-state index contributed by atoms with van der Waals surface area (Å²) in [5.74, 6) is 0.465. The summed E-state index contributed by atoms with van der Waals surface area (Å²) >= 11 is 0. The number of hydrogen-bond donors (Lipinski definition) is 2. The molecule has 70 valence electrons. The van der Waals surface area contributed by atoms with Crippen LogP contribution in [-0.2, 0) is 0 Å². The third-order valence-corrected chi connectivity index (χ3v) is 2.59. The van der Waals surface area contributed by atoms with Crippen molar-refractivity contribution in [3.05, 3.63) is 0 Å². The van der Waals surface area contributed by atoms with Gasteiger partial charge in [-0.2, -0.15) is 0 Å². The summed E-state index contributed by atoms with van der Waals surface area (Å²) in [4.78, 5) is 12.0. The van der Waals surface area contributed by atoms with Crippen LogP contribution in [-0.4, -0.2) is 42.3 Å². The van der Waals surface area contributed by atoms with E-state index in [1.54, 1.807) is 7.05 Å². The molecule has 0 radical (unpaired) electrons. The van der Waals surface area contributed by atoms with Crippen molar-refractivity contribution >= 4 is 6.09 Å². The predicted octanol–water partition coefficient (Wildman–Crippen LogP) is 0.594. The molecule has 1 saturated heterocycles. The summed E-state index contributed by atoms with van der Waals surface area (Å²) in [7, 11) is 1.64. The van der Waals surface area contributed by atoms with Gasteiger partial charge in [-0.05, 0) is 18.9 Å². The number of hydrogen-bond acceptors (Lipinski definition) is 2. The van der Waals surface area contributed by atoms with Crippen LogP contribution in [0.1, 0.15) is 13.3 Å². The Kier molecular flexibility index (Phi) is 2.92. The van der Waals surface area contributed by atoms with E-state index in [9.17, 15) is 4.79 Å². The molecular formula is C8H16N2O2. The summed E-state index contributed by atoms with van der Waals surface area (Å²) in [5, 5.41) is 11.9. The van der Waals surface area contributed by atoms with E-state index in [1.807, 2.05) is 0 Å². The molecule has 0 bridgehead atoms. The molecule has 0 aromatic carbocycles. The zero-order chi connectivity index (χ0) is 9.14. The first-order valence-electron chi connectivity index (χ1n) is 4.29. The fourth-order valence-corrected chi connectivity index (χ4v) is 1.63. The molecule has 12 heavy (non-hydrogen) atoms. The lowest BCUT2D eigenvalue weighted by molar-refractivity contribution is 0.112. The second-order valence-corrected chi connectivity index (χ2v) is 3.43. The maximum atomic E-state index is 10.6. The van der Waals surface area contributed by atoms with Crippen LogP contribution in [0.4, 0.5) is 4.79 Å². The minimum absolute atomic E-state index is 0.135. The van der Waals surface area contributed by atoms with Crippen molar-refractivity contribution in [3.63, 3.8) is 0 Å². The van der Waals surface area contributed by atoms with Crippen molar-refractivity contribution in [2.24, 2.45) is 5.92 Å². The normalized spacial score (nSPS) is 29.8. The molecule has 2 N–H and O–H groups in total. The standard InChI is InChI=1S/C8H16N2O2/c1-6-3-4-9-5-7(6)10(2)8(11)12/h6-7,9H,3-5H2,1-2H3,(H,11,12). The van der Waals surface area contributed by atoms with Gasteiger partial charge in [-0.1, -0.05) is 6.92 Å². The molecule has 0 aromatic heterocycles. The third kappa shape index (κ3) is 1.88. The van der Waals surface area contributed by atoms with Crippen LogP contribution in [0.5, 0.6) is 0 Å². The molecule has 1 aliphatic rings. The number of amides is 1. The molecule has 0 saturated carbocycles. The Labute approximate surface area is 72.6 Å². The van der Waals surface area contributed by atoms with Crippen LogP contribution in [0.2, 0.25) is 0 Å². The minimum Gasteiger partial charge on any atom is -0.465 e. The Morgan fingerprint density at radius 3 is 2.83 bits per heavy atom. The molecule has 2 unspecified atom stereocenters. The maximum absolute atomic E-state index is 10.6. The summed E-state index contributed by atoms with van der Waals surface area (Å²) < 4.78 is 0. The smallest absolute Gasteiger partial charge is 0.407 e. The summed E-state index contributed by atoms with van der Waals surface area (Å²) in [5.41, 5.74) is 0. The number of nitrogens with one attached hydrogen (secondary N) is 1. The first-order chi connectivity index (χ1) is 5.63. The molecule has 4 heteroatoms. The maximum Gasteiger partial charge on any atom is 0.407 e. The van der Waals surface area contributed by atoms with Crippen molar-refractivity contribution in [1.29, 1.82) is 0 Å². The number of carbonyl (C=O) groups is 1. The Balaban J connectivity index is 2.53. The molecule has 4 nitrogen and oxygen atoms in total. The van der Waals surface area contributed by atoms with Gasteiger partial charge in [0.15, 0.2) is 0 Å². The fourth-order valence-electron chi connectivity index (χ4n) is 1.63. The molecular weight excluding hydrogens is 156 g/mol. The topological polar surface area (TPSA) is 52.6 Å². The van der Waals surface area contributed by atoms with Crippen LogP contribution in [0.25, 0.3) is 0 Å². The Morgan fingerprint density at radius 2 is 2.33 bits per heavy atom. The predicted molar refractivity (Wildman–Crippen MR) is 46.2 cm³/mol. The van der Waals surface area contributed by atoms with E-state index in [-0.39, 0.29) is 6.04 Å². The van der Waals surface area contributed by atoms with Gasteiger partial charge >= 0.3 is 6.09 Å². The largest absolute Gasteiger partial charge is 0.465 e. The van der Waals surface area contributed by atoms with Crippen molar-refractivity contribution in [2.45, 2.75) is 19.4 Å². The quantitative estimate of drug-likeness (QED) is 0.608. The number of likely N-dealkylation sites (N-methyl/N-ethyl adjacent to an activating group) is 1. The van der Waals surface area contributed by atoms with Crippen LogP contribution in [0.3, 0.4) is 0 Å². The molecule has 1 aliphatic heterocycles. The number of nitrogens with zero attached hydrogens (tertiary/aromatic N) is 1. The molecule has 0 spiro atoms. The molecule has 0 aliphatic carbocycles. The second-order valence-electron chi connectivity index (χ2n) is 3.43. The van der Waals surface area contributed by atoms with Gasteiger partial charge in [-0.15, -0.1) is 0 Å². The monoisotopic (exact) mass is 172 g/mol. The molecule has 1 amide bonds. The number of carboxylic acid groups (broad SMARTS) is 1. The van der Waals surface area contributed by atoms with Gasteiger partial charge in [-0.3, -0.25) is 0 Å². The zero-order valence-electron chi connectivity index (χ0n) is 7.58. The number of piperidine rings is 1. The molecule has 1 heterocycles. The Bertz CT molecular complexity index is 172. The summed E-state index contributed by atoms with van der Waals surface area (Å²) in [6, 6.07) is 0.135. The van der Waals surface area contributed by atoms with Crippen molar-refractivity contribution in [2.75, 3.05) is 20.1 Å². The highest BCUT2D eigenvalue weighted by Gasteiger charge is 2.27. The highest BCUT2D eigenvalue weighted by molar-refractivity contribution is 5.65. The van der Waals surface area contributed by atoms with Gasteiger partial charge in [0, 0.05) is 19.6 Å². The van der Waals surface area contributed by atoms with Crippen molar-refractivity contribution in [3.8, 4) is 0 Å². The lowest BCUT2D eigenvalue weighted by Crippen LogP contribution is -2.50. The molecule has 0 aromatic rings. The van der Waals surface area contributed by atoms with Crippen molar-refractivity contribution < 1.29 is 9.90 Å². The van der Waals surface area contributed by atoms with Gasteiger partial charge in [-0.25, -0.2) is 4.79 Å². The van der Waals surface area contributed by atoms with E-state index >= 15 is 0 Å². The van der Waals surface area contributed by atoms with E-state index in [0.717, 1.165) is 19.5 Å². The van der Waals surface area contributed by atoms with Crippen LogP contribution >= 0.6 is 0 Å². The Morgan fingerprint density at radius 1 is 1.67 bits per heavy atom. The molecule has 1 fully saturated rings. The Hall–Kier alpha value is -0.770. The molecule has 2 atom stereocenters. The fraction of sp³-hybridized carbons (Fsp3) is 0.875. The lowest BCUT2D eigenvalue weighted by Gasteiger charge is -2.34. The van der Waals surface area contributed by atoms with Gasteiger partial charge in [0.2, 0.25) is 0 Å². The zero-order valence-corrected chi connectivity index (χ0v) is 7.58. The van der Waals surface area contributed by atoms with Gasteiger partial charge < -0.3 is 15.3 Å². The average Bonchev–Trinajstić information content (AvgIpc) is 2.04. The summed E-state index contributed by atoms with van der Waals surface area (Å²) in [6.45, 7) is 3.89. The van der Waals surface area contributed by atoms with E-state index in [1.165, 1.54) is 4.90 Å². The van der Waals surface area contributed by atoms with E-state index < -0.39 is 6.09 Å². The van der Waals surface area contributed by atoms with Gasteiger partial charge in [0.05, 0.1) is 0 Å². The first-order valence-corrected chi connectivity index (χ1v) is 4.29. The van der Waals surface area contributed by atoms with E-state index in [4.69, 9.17) is 5.11 Å². The van der Waals surface area contributed by atoms with E-state index in [2.05, 4.69) is 12.2 Å². The minimum atomic E-state index is -0.837. The van der Waals surface area contributed by atoms with Crippen LogP contribution in [0.15, 0.2) is 0 Å². The second kappa shape index (κ2) is 3.76. The highest BCUT2D eigenvalue weighted by atomic mass is 16.4. The lowest BCUT2D eigenvalue weighted by atomic mass is 9.94. The molecule has 1 rings (SSSR count). The van der Waals surface area contributed by atoms with Crippen molar-refractivity contribution in [1.82, 2.24) is 10.2 Å². The van der Waals surface area contributed by atoms with Crippen LogP contribution in [0, 0.1) is 5.92 Å². The number of rotatable bonds is 1. The average molecular weight is 172 g/mol. The first kappa shape index (κ1) is 9.32. The third-order valence-electron chi connectivity index (χ3n) is 2.59. The SMILES string of the molecule is CC1CCNCC1N(C)C(=O)O. The van der Waals surface area contributed by atoms with E-state index in [0.29, 0.717) is 5.92 Å². The highest BCUT2D eigenvalue weighted by Crippen LogP contribution is 2.16. The summed E-state index contributed by atoms with van der Waals surface area (Å²) in [6.07, 6.45) is 0.220.